The van der Waals surface area contributed by atoms with E-state index in [1.807, 2.05) is 0 Å². The van der Waals surface area contributed by atoms with Crippen LogP contribution in [0, 0.1) is 17.0 Å². The van der Waals surface area contributed by atoms with Gasteiger partial charge < -0.3 is 11.1 Å². The minimum atomic E-state index is -0.528. The Labute approximate surface area is 100 Å². The molecular weight excluding hydrogens is 222 g/mol. The van der Waals surface area contributed by atoms with Gasteiger partial charge in [-0.25, -0.2) is 8.78 Å². The third kappa shape index (κ3) is 3.23. The number of halogens is 2. The fraction of sp³-hybridized carbons (Fsp3) is 0.538. The highest BCUT2D eigenvalue weighted by Gasteiger charge is 2.40. The van der Waals surface area contributed by atoms with Crippen LogP contribution < -0.4 is 11.1 Å². The summed E-state index contributed by atoms with van der Waals surface area (Å²) < 4.78 is 26.0. The summed E-state index contributed by atoms with van der Waals surface area (Å²) in [5.74, 6) is -0.994. The molecule has 2 nitrogen and oxygen atoms in total. The summed E-state index contributed by atoms with van der Waals surface area (Å²) in [7, 11) is 0. The Balaban J connectivity index is 1.74. The molecule has 4 heteroatoms. The lowest BCUT2D eigenvalue weighted by Gasteiger charge is -2.13. The Morgan fingerprint density at radius 2 is 2.06 bits per heavy atom. The number of nitrogens with two attached hydrogens (primary N) is 1. The van der Waals surface area contributed by atoms with E-state index in [4.69, 9.17) is 5.73 Å². The molecule has 17 heavy (non-hydrogen) atoms. The van der Waals surface area contributed by atoms with Gasteiger partial charge in [-0.1, -0.05) is 6.07 Å². The van der Waals surface area contributed by atoms with Crippen LogP contribution in [0.15, 0.2) is 18.2 Å². The van der Waals surface area contributed by atoms with Crippen molar-refractivity contribution in [2.24, 2.45) is 11.1 Å². The minimum Gasteiger partial charge on any atom is -0.330 e. The van der Waals surface area contributed by atoms with E-state index in [9.17, 15) is 8.78 Å². The SMILES string of the molecule is NCC1(CNCCc2ccc(F)cc2F)CC1. The smallest absolute Gasteiger partial charge is 0.129 e. The lowest BCUT2D eigenvalue weighted by Crippen LogP contribution is -2.31. The molecule has 1 aromatic rings. The third-order valence-electron chi connectivity index (χ3n) is 3.48. The molecule has 0 radical (unpaired) electrons. The number of benzene rings is 1. The van der Waals surface area contributed by atoms with Crippen LogP contribution in [0.1, 0.15) is 18.4 Å². The highest BCUT2D eigenvalue weighted by molar-refractivity contribution is 5.18. The quantitative estimate of drug-likeness (QED) is 0.745. The predicted molar refractivity (Wildman–Crippen MR) is 63.7 cm³/mol. The van der Waals surface area contributed by atoms with Crippen LogP contribution >= 0.6 is 0 Å². The summed E-state index contributed by atoms with van der Waals surface area (Å²) in [6.07, 6.45) is 2.94. The van der Waals surface area contributed by atoms with Gasteiger partial charge in [-0.3, -0.25) is 0 Å². The monoisotopic (exact) mass is 240 g/mol. The fourth-order valence-corrected chi connectivity index (χ4v) is 1.93. The maximum absolute atomic E-state index is 13.3. The topological polar surface area (TPSA) is 38.0 Å². The van der Waals surface area contributed by atoms with Crippen LogP contribution in [-0.4, -0.2) is 19.6 Å². The second-order valence-corrected chi connectivity index (χ2v) is 4.87. The molecule has 1 aromatic carbocycles. The lowest BCUT2D eigenvalue weighted by atomic mass is 10.1. The Kier molecular flexibility index (Phi) is 3.74. The molecule has 1 aliphatic rings. The molecule has 2 rings (SSSR count). The van der Waals surface area contributed by atoms with E-state index in [0.29, 0.717) is 30.5 Å². The average Bonchev–Trinajstić information content (AvgIpc) is 3.07. The summed E-state index contributed by atoms with van der Waals surface area (Å²) in [5.41, 5.74) is 6.51. The van der Waals surface area contributed by atoms with Gasteiger partial charge >= 0.3 is 0 Å². The first-order valence-corrected chi connectivity index (χ1v) is 6.00. The number of rotatable bonds is 6. The highest BCUT2D eigenvalue weighted by atomic mass is 19.1. The zero-order valence-electron chi connectivity index (χ0n) is 9.81. The van der Waals surface area contributed by atoms with Gasteiger partial charge in [-0.15, -0.1) is 0 Å². The van der Waals surface area contributed by atoms with Crippen molar-refractivity contribution in [3.63, 3.8) is 0 Å². The van der Waals surface area contributed by atoms with Crippen molar-refractivity contribution in [3.05, 3.63) is 35.4 Å². The molecule has 0 saturated heterocycles. The second-order valence-electron chi connectivity index (χ2n) is 4.87. The van der Waals surface area contributed by atoms with Gasteiger partial charge in [-0.2, -0.15) is 0 Å². The lowest BCUT2D eigenvalue weighted by molar-refractivity contribution is 0.468. The molecule has 0 unspecified atom stereocenters. The Morgan fingerprint density at radius 3 is 2.65 bits per heavy atom. The molecule has 0 aromatic heterocycles. The molecule has 1 fully saturated rings. The fourth-order valence-electron chi connectivity index (χ4n) is 1.93. The first-order chi connectivity index (χ1) is 8.15. The van der Waals surface area contributed by atoms with Gasteiger partial charge in [0.25, 0.3) is 0 Å². The van der Waals surface area contributed by atoms with E-state index in [1.54, 1.807) is 0 Å². The molecule has 0 atom stereocenters. The molecule has 94 valence electrons. The van der Waals surface area contributed by atoms with Gasteiger partial charge in [0.2, 0.25) is 0 Å². The summed E-state index contributed by atoms with van der Waals surface area (Å²) >= 11 is 0. The van der Waals surface area contributed by atoms with E-state index in [0.717, 1.165) is 12.6 Å². The van der Waals surface area contributed by atoms with Crippen molar-refractivity contribution in [1.29, 1.82) is 0 Å². The minimum absolute atomic E-state index is 0.293. The largest absolute Gasteiger partial charge is 0.330 e. The van der Waals surface area contributed by atoms with Gasteiger partial charge in [0.15, 0.2) is 0 Å². The van der Waals surface area contributed by atoms with Crippen molar-refractivity contribution in [1.82, 2.24) is 5.32 Å². The Morgan fingerprint density at radius 1 is 1.29 bits per heavy atom. The Hall–Kier alpha value is -1.00. The molecule has 0 spiro atoms. The van der Waals surface area contributed by atoms with Gasteiger partial charge in [0.05, 0.1) is 0 Å². The third-order valence-corrected chi connectivity index (χ3v) is 3.48. The van der Waals surface area contributed by atoms with Crippen molar-refractivity contribution in [2.45, 2.75) is 19.3 Å². The summed E-state index contributed by atoms with van der Waals surface area (Å²) in [6, 6.07) is 3.72. The van der Waals surface area contributed by atoms with Crippen LogP contribution in [0.3, 0.4) is 0 Å². The molecular formula is C13H18F2N2. The van der Waals surface area contributed by atoms with E-state index in [2.05, 4.69) is 5.32 Å². The summed E-state index contributed by atoms with van der Waals surface area (Å²) in [5, 5.41) is 3.29. The van der Waals surface area contributed by atoms with Crippen LogP contribution in [0.2, 0.25) is 0 Å². The first kappa shape index (κ1) is 12.5. The van der Waals surface area contributed by atoms with Crippen molar-refractivity contribution in [3.8, 4) is 0 Å². The molecule has 1 saturated carbocycles. The summed E-state index contributed by atoms with van der Waals surface area (Å²) in [4.78, 5) is 0. The normalized spacial score (nSPS) is 17.1. The van der Waals surface area contributed by atoms with Gasteiger partial charge in [0.1, 0.15) is 11.6 Å². The predicted octanol–water partition coefficient (Wildman–Crippen LogP) is 1.84. The van der Waals surface area contributed by atoms with E-state index in [1.165, 1.54) is 25.0 Å². The van der Waals surface area contributed by atoms with Gasteiger partial charge in [0, 0.05) is 12.6 Å². The maximum Gasteiger partial charge on any atom is 0.129 e. The average molecular weight is 240 g/mol. The van der Waals surface area contributed by atoms with Crippen molar-refractivity contribution >= 4 is 0 Å². The second kappa shape index (κ2) is 5.10. The van der Waals surface area contributed by atoms with Gasteiger partial charge in [-0.05, 0) is 49.4 Å². The molecule has 1 aliphatic carbocycles. The zero-order valence-corrected chi connectivity index (χ0v) is 9.81. The molecule has 0 aliphatic heterocycles. The van der Waals surface area contributed by atoms with Crippen molar-refractivity contribution in [2.75, 3.05) is 19.6 Å². The number of nitrogens with one attached hydrogen (secondary N) is 1. The summed E-state index contributed by atoms with van der Waals surface area (Å²) in [6.45, 7) is 2.31. The molecule has 3 N–H and O–H groups in total. The Bertz CT molecular complexity index is 389. The van der Waals surface area contributed by atoms with Crippen LogP contribution in [-0.2, 0) is 6.42 Å². The number of hydrogen-bond acceptors (Lipinski definition) is 2. The zero-order chi connectivity index (χ0) is 12.3. The van der Waals surface area contributed by atoms with Crippen LogP contribution in [0.5, 0.6) is 0 Å². The van der Waals surface area contributed by atoms with E-state index < -0.39 is 11.6 Å². The van der Waals surface area contributed by atoms with Crippen molar-refractivity contribution < 1.29 is 8.78 Å². The molecule has 0 heterocycles. The molecule has 0 bridgehead atoms. The van der Waals surface area contributed by atoms with Crippen LogP contribution in [0.25, 0.3) is 0 Å². The highest BCUT2D eigenvalue weighted by Crippen LogP contribution is 2.43. The first-order valence-electron chi connectivity index (χ1n) is 6.00. The number of hydrogen-bond donors (Lipinski definition) is 2. The van der Waals surface area contributed by atoms with E-state index >= 15 is 0 Å². The molecule has 0 amide bonds. The standard InChI is InChI=1S/C13H18F2N2/c14-11-2-1-10(12(15)7-11)3-6-17-9-13(8-16)4-5-13/h1-2,7,17H,3-6,8-9,16H2. The van der Waals surface area contributed by atoms with Crippen LogP contribution in [0.4, 0.5) is 8.78 Å². The van der Waals surface area contributed by atoms with E-state index in [-0.39, 0.29) is 0 Å². The maximum atomic E-state index is 13.3.